The molecule has 0 saturated carbocycles. The van der Waals surface area contributed by atoms with Gasteiger partial charge in [0.25, 0.3) is 8.32 Å². The highest BCUT2D eigenvalue weighted by Gasteiger charge is 2.51. The molecule has 396 valence electrons. The minimum atomic E-state index is -3.01. The Morgan fingerprint density at radius 3 is 2.23 bits per heavy atom. The summed E-state index contributed by atoms with van der Waals surface area (Å²) in [6.45, 7) is 17.4. The topological polar surface area (TPSA) is 148 Å². The summed E-state index contributed by atoms with van der Waals surface area (Å²) in [5, 5.41) is 33.4. The van der Waals surface area contributed by atoms with Gasteiger partial charge in [0.05, 0.1) is 36.1 Å². The number of para-hydroxylation sites is 1. The lowest BCUT2D eigenvalue weighted by Gasteiger charge is -2.45. The number of nitrogens with zero attached hydrogens (tertiary/aromatic N) is 7. The summed E-state index contributed by atoms with van der Waals surface area (Å²) in [6, 6.07) is 36.4. The minimum Gasteiger partial charge on any atom is -0.491 e. The van der Waals surface area contributed by atoms with Crippen molar-refractivity contribution in [3.05, 3.63) is 142 Å². The monoisotopic (exact) mass is 1090 g/mol. The molecule has 0 aliphatic rings. The lowest BCUT2D eigenvalue weighted by Crippen LogP contribution is -2.68. The van der Waals surface area contributed by atoms with Crippen molar-refractivity contribution in [2.75, 3.05) is 51.9 Å². The third kappa shape index (κ3) is 14.7. The summed E-state index contributed by atoms with van der Waals surface area (Å²) in [4.78, 5) is 27.7. The lowest BCUT2D eigenvalue weighted by atomic mass is 10.2. The first-order valence-electron chi connectivity index (χ1n) is 25.4. The predicted octanol–water partition coefficient (Wildman–Crippen LogP) is 10.4. The first-order chi connectivity index (χ1) is 35.9. The van der Waals surface area contributed by atoms with Crippen molar-refractivity contribution in [1.82, 2.24) is 24.6 Å². The largest absolute Gasteiger partial charge is 0.491 e. The number of anilines is 2. The molecule has 3 aromatic heterocycles. The number of benzene rings is 4. The second-order valence-corrected chi connectivity index (χ2v) is 33.0. The van der Waals surface area contributed by atoms with E-state index in [2.05, 4.69) is 93.2 Å². The van der Waals surface area contributed by atoms with Gasteiger partial charge in [-0.15, -0.1) is 21.5 Å². The van der Waals surface area contributed by atoms with Crippen LogP contribution in [0.5, 0.6) is 5.75 Å². The van der Waals surface area contributed by atoms with Crippen LogP contribution in [0.25, 0.3) is 10.2 Å². The number of aliphatic hydroxyl groups excluding tert-OH is 1. The van der Waals surface area contributed by atoms with Gasteiger partial charge in [0.2, 0.25) is 0 Å². The maximum Gasteiger partial charge on any atom is 0.355 e. The van der Waals surface area contributed by atoms with E-state index >= 15 is 4.39 Å². The van der Waals surface area contributed by atoms with Gasteiger partial charge in [-0.25, -0.2) is 14.2 Å². The summed E-state index contributed by atoms with van der Waals surface area (Å²) < 4.78 is 37.6. The molecule has 0 aliphatic carbocycles. The van der Waals surface area contributed by atoms with Crippen molar-refractivity contribution in [2.45, 2.75) is 96.9 Å². The molecule has 0 spiro atoms. The highest BCUT2D eigenvalue weighted by atomic mass is 32.1. The second kappa shape index (κ2) is 25.8. The maximum absolute atomic E-state index is 15.1. The number of hydrogen-bond donors (Lipinski definition) is 2. The van der Waals surface area contributed by atoms with Gasteiger partial charge in [0, 0.05) is 31.7 Å². The lowest BCUT2D eigenvalue weighted by molar-refractivity contribution is 0.0690. The Morgan fingerprint density at radius 1 is 0.907 bits per heavy atom. The van der Waals surface area contributed by atoms with Crippen molar-refractivity contribution in [3.8, 4) is 17.6 Å². The van der Waals surface area contributed by atoms with Crippen molar-refractivity contribution in [1.29, 1.82) is 0 Å². The van der Waals surface area contributed by atoms with Crippen LogP contribution in [0, 0.1) is 24.6 Å². The van der Waals surface area contributed by atoms with E-state index in [0.29, 0.717) is 79.3 Å². The number of carbonyl (C=O) groups is 1. The number of carboxylic acid groups (broad SMARTS) is 1. The van der Waals surface area contributed by atoms with Crippen LogP contribution in [-0.2, 0) is 22.3 Å². The molecule has 18 heteroatoms. The molecule has 2 N–H and O–H groups in total. The molecule has 13 nitrogen and oxygen atoms in total. The highest BCUT2D eigenvalue weighted by molar-refractivity contribution is 7.16. The van der Waals surface area contributed by atoms with Crippen molar-refractivity contribution in [2.24, 2.45) is 4.99 Å². The van der Waals surface area contributed by atoms with Crippen LogP contribution in [0.4, 0.5) is 21.2 Å². The zero-order valence-electron chi connectivity index (χ0n) is 44.6. The van der Waals surface area contributed by atoms with Gasteiger partial charge in [0.1, 0.15) is 6.73 Å². The van der Waals surface area contributed by atoms with E-state index in [4.69, 9.17) is 34.1 Å². The van der Waals surface area contributed by atoms with Gasteiger partial charge < -0.3 is 29.0 Å². The molecule has 1 atom stereocenters. The fourth-order valence-electron chi connectivity index (χ4n) is 8.68. The van der Waals surface area contributed by atoms with Gasteiger partial charge >= 0.3 is 5.97 Å². The molecule has 7 aromatic rings. The Kier molecular flexibility index (Phi) is 19.5. The van der Waals surface area contributed by atoms with E-state index in [1.165, 1.54) is 17.4 Å². The number of aromatic carboxylic acids is 1. The Bertz CT molecular complexity index is 3110. The molecule has 0 saturated heterocycles. The van der Waals surface area contributed by atoms with E-state index in [9.17, 15) is 15.0 Å². The highest BCUT2D eigenvalue weighted by Crippen LogP contribution is 2.39. The quantitative estimate of drug-likeness (QED) is 0.0339. The summed E-state index contributed by atoms with van der Waals surface area (Å²) in [5.41, 5.74) is 2.25. The molecule has 4 aromatic carbocycles. The molecule has 1 unspecified atom stereocenters. The Balaban J connectivity index is 1.18. The van der Waals surface area contributed by atoms with Crippen LogP contribution in [-0.4, -0.2) is 110 Å². The average Bonchev–Trinajstić information content (AvgIpc) is 3.97. The summed E-state index contributed by atoms with van der Waals surface area (Å²) >= 11 is 2.81. The summed E-state index contributed by atoms with van der Waals surface area (Å²) in [6.07, 6.45) is 1.19. The number of carboxylic acids is 1. The van der Waals surface area contributed by atoms with Gasteiger partial charge in [-0.05, 0) is 110 Å². The smallest absolute Gasteiger partial charge is 0.355 e. The van der Waals surface area contributed by atoms with Crippen molar-refractivity contribution in [3.63, 3.8) is 0 Å². The SMILES string of the molecule is Cc1cc(N(CCCC(CO)O[Si](c2ccccc2)(c2ccccc2)C(C)(C)C)c2nc(C(=O)O)c(CCCOc3ccc(C#CCN(C)C)cc3F)s2)nnc1N=c1sc2ccccc2n1COCC[Si](C)(C)C. The van der Waals surface area contributed by atoms with Crippen molar-refractivity contribution < 1.29 is 33.3 Å². The number of aliphatic hydroxyl groups is 1. The number of hydrogen-bond acceptors (Lipinski definition) is 13. The van der Waals surface area contributed by atoms with Crippen LogP contribution < -0.4 is 24.8 Å². The predicted molar refractivity (Wildman–Crippen MR) is 306 cm³/mol. The number of rotatable bonds is 24. The molecule has 0 aliphatic heterocycles. The average molecular weight is 1090 g/mol. The zero-order valence-corrected chi connectivity index (χ0v) is 48.2. The first kappa shape index (κ1) is 56.8. The third-order valence-corrected chi connectivity index (χ3v) is 21.6. The molecule has 0 bridgehead atoms. The van der Waals surface area contributed by atoms with Crippen molar-refractivity contribution >= 4 is 82.4 Å². The molecule has 75 heavy (non-hydrogen) atoms. The molecular weight excluding hydrogens is 1020 g/mol. The molecule has 0 amide bonds. The van der Waals surface area contributed by atoms with E-state index in [-0.39, 0.29) is 29.7 Å². The Hall–Kier alpha value is -5.89. The Morgan fingerprint density at radius 2 is 1.60 bits per heavy atom. The molecule has 0 radical (unpaired) electrons. The molecular formula is C57H70FN7O6S2Si2. The summed E-state index contributed by atoms with van der Waals surface area (Å²) in [5.74, 6) is 5.29. The van der Waals surface area contributed by atoms with Crippen LogP contribution in [0.3, 0.4) is 0 Å². The number of aryl methyl sites for hydroxylation is 2. The number of ether oxygens (including phenoxy) is 2. The standard InChI is InChI=1S/C57H70FN7O6S2Si2/c1-41-37-51(61-62-53(41)60-56-65(40-69-35-36-74(7,8)9)47-27-16-17-28-49(47)72-56)64(33-19-22-43(39-66)71-75(57(2,3)4,44-23-12-10-13-24-44)45-25-14-11-15-26-45)55-59-52(54(67)68)50(73-55)29-20-34-70-48-31-30-42(38-46(48)58)21-18-32-63(5)6/h10-17,23-28,30-31,37-38,43,66H,19-20,22,29,32-36,39-40H2,1-9H3,(H,67,68). The fraction of sp³-hybridized carbons (Fsp3) is 0.386. The summed E-state index contributed by atoms with van der Waals surface area (Å²) in [7, 11) is -0.478. The number of aromatic nitrogens is 4. The third-order valence-electron chi connectivity index (χ3n) is 12.6. The van der Waals surface area contributed by atoms with Crippen LogP contribution in [0.15, 0.2) is 114 Å². The minimum absolute atomic E-state index is 0.0761. The number of thiazole rings is 2. The fourth-order valence-corrected chi connectivity index (χ4v) is 16.3. The normalized spacial score (nSPS) is 12.8. The Labute approximate surface area is 450 Å². The number of fused-ring (bicyclic) bond motifs is 1. The first-order valence-corrected chi connectivity index (χ1v) is 32.6. The van der Waals surface area contributed by atoms with Crippen LogP contribution in [0.1, 0.15) is 66.5 Å². The molecule has 7 rings (SSSR count). The number of halogens is 1. The van der Waals surface area contributed by atoms with Gasteiger partial charge in [-0.3, -0.25) is 9.47 Å². The van der Waals surface area contributed by atoms with E-state index in [1.54, 1.807) is 23.5 Å². The van der Waals surface area contributed by atoms with Crippen LogP contribution in [0.2, 0.25) is 30.7 Å². The van der Waals surface area contributed by atoms with Gasteiger partial charge in [-0.2, -0.15) is 4.99 Å². The van der Waals surface area contributed by atoms with Gasteiger partial charge in [0.15, 0.2) is 38.8 Å². The molecule has 0 fully saturated rings. The second-order valence-electron chi connectivity index (χ2n) is 21.0. The van der Waals surface area contributed by atoms with E-state index < -0.39 is 34.3 Å². The van der Waals surface area contributed by atoms with Gasteiger partial charge in [-0.1, -0.05) is 136 Å². The molecule has 3 heterocycles. The van der Waals surface area contributed by atoms with E-state index in [0.717, 1.165) is 37.0 Å². The maximum atomic E-state index is 15.1. The van der Waals surface area contributed by atoms with E-state index in [1.807, 2.05) is 85.4 Å². The van der Waals surface area contributed by atoms with Crippen LogP contribution >= 0.6 is 22.7 Å². The zero-order chi connectivity index (χ0) is 53.8.